The fourth-order valence-corrected chi connectivity index (χ4v) is 10.3. The van der Waals surface area contributed by atoms with E-state index in [4.69, 9.17) is 9.47 Å². The van der Waals surface area contributed by atoms with Crippen molar-refractivity contribution in [2.45, 2.75) is 129 Å². The summed E-state index contributed by atoms with van der Waals surface area (Å²) in [6, 6.07) is 4.63. The maximum Gasteiger partial charge on any atom is 0.314 e. The van der Waals surface area contributed by atoms with E-state index in [1.807, 2.05) is 0 Å². The van der Waals surface area contributed by atoms with Crippen molar-refractivity contribution in [3.63, 3.8) is 0 Å². The van der Waals surface area contributed by atoms with Crippen molar-refractivity contribution in [3.05, 3.63) is 49.1 Å². The molecule has 5 rings (SSSR count). The van der Waals surface area contributed by atoms with Crippen LogP contribution in [0.1, 0.15) is 140 Å². The average molecular weight is 788 g/mol. The summed E-state index contributed by atoms with van der Waals surface area (Å²) >= 11 is 0. The summed E-state index contributed by atoms with van der Waals surface area (Å²) in [6.07, 6.45) is 22.4. The Bertz CT molecular complexity index is 1500. The van der Waals surface area contributed by atoms with E-state index in [1.54, 1.807) is 12.1 Å². The normalized spacial score (nSPS) is 27.6. The summed E-state index contributed by atoms with van der Waals surface area (Å²) in [6.45, 7) is 12.0. The molecule has 2 N–H and O–H groups in total. The van der Waals surface area contributed by atoms with Gasteiger partial charge in [0.15, 0.2) is 0 Å². The van der Waals surface area contributed by atoms with Crippen molar-refractivity contribution in [1.82, 2.24) is 15.5 Å². The number of rotatable bonds is 17. The molecule has 4 saturated carbocycles. The van der Waals surface area contributed by atoms with Crippen molar-refractivity contribution in [2.24, 2.45) is 47.3 Å². The van der Waals surface area contributed by atoms with Crippen molar-refractivity contribution in [3.8, 4) is 11.5 Å². The third-order valence-corrected chi connectivity index (χ3v) is 14.1. The fraction of sp³-hybridized carbons (Fsp3) is 0.681. The lowest BCUT2D eigenvalue weighted by molar-refractivity contribution is -0.141. The molecule has 0 heterocycles. The molecule has 0 bridgehead atoms. The molecule has 4 aliphatic rings. The van der Waals surface area contributed by atoms with E-state index in [-0.39, 0.29) is 78.8 Å². The minimum atomic E-state index is -0.485. The Hall–Kier alpha value is -3.95. The second kappa shape index (κ2) is 22.3. The minimum Gasteiger partial charge on any atom is -0.426 e. The van der Waals surface area contributed by atoms with E-state index in [1.165, 1.54) is 75.2 Å². The monoisotopic (exact) mass is 788 g/mol. The number of carbonyl (C=O) groups is 5. The molecule has 4 aliphatic carbocycles. The third-order valence-electron chi connectivity index (χ3n) is 14.1. The van der Waals surface area contributed by atoms with E-state index in [9.17, 15) is 24.0 Å². The number of ether oxygens (including phenoxy) is 2. The van der Waals surface area contributed by atoms with Gasteiger partial charge in [-0.3, -0.25) is 24.0 Å². The highest BCUT2D eigenvalue weighted by Gasteiger charge is 2.36. The van der Waals surface area contributed by atoms with E-state index < -0.39 is 5.91 Å². The number of amides is 3. The Balaban J connectivity index is 1.27. The molecule has 1 aromatic rings. The van der Waals surface area contributed by atoms with Crippen LogP contribution in [0.2, 0.25) is 0 Å². The van der Waals surface area contributed by atoms with Crippen molar-refractivity contribution >= 4 is 29.7 Å². The second-order valence-electron chi connectivity index (χ2n) is 17.4. The van der Waals surface area contributed by atoms with Crippen LogP contribution in [0.25, 0.3) is 0 Å². The predicted molar refractivity (Wildman–Crippen MR) is 222 cm³/mol. The smallest absolute Gasteiger partial charge is 0.314 e. The Labute approximate surface area is 341 Å². The van der Waals surface area contributed by atoms with Crippen LogP contribution in [0.15, 0.2) is 43.5 Å². The molecule has 0 radical (unpaired) electrons. The zero-order valence-electron chi connectivity index (χ0n) is 34.8. The van der Waals surface area contributed by atoms with Gasteiger partial charge in [0.1, 0.15) is 11.5 Å². The number of esters is 2. The average Bonchev–Trinajstić information content (AvgIpc) is 3.26. The molecule has 0 spiro atoms. The second-order valence-corrected chi connectivity index (χ2v) is 17.4. The molecule has 3 amide bonds. The van der Waals surface area contributed by atoms with Crippen LogP contribution in [0.4, 0.5) is 0 Å². The van der Waals surface area contributed by atoms with Gasteiger partial charge >= 0.3 is 11.9 Å². The maximum absolute atomic E-state index is 14.4. The summed E-state index contributed by atoms with van der Waals surface area (Å²) < 4.78 is 12.0. The first kappa shape index (κ1) is 44.2. The summed E-state index contributed by atoms with van der Waals surface area (Å²) in [5.41, 5.74) is 0.0755. The topological polar surface area (TPSA) is 131 Å². The lowest BCUT2D eigenvalue weighted by atomic mass is 9.69. The van der Waals surface area contributed by atoms with Crippen LogP contribution in [0.5, 0.6) is 11.5 Å². The molecule has 10 heteroatoms. The molecule has 0 aromatic heterocycles. The fourth-order valence-electron chi connectivity index (χ4n) is 10.3. The predicted octanol–water partition coefficient (Wildman–Crippen LogP) is 8.59. The standard InChI is InChI=1S/C47H69N3O7/c1-5-32-9-13-34(14-10-32)36-17-21-38(22-18-36)46(54)56-40-25-26-42(57-47(55)39-23-19-37(20-24-39)35-15-11-33(6-2)12-16-35)41(31-40)45(53)50(29-27-48-43(51)7-3)30-28-49-44(52)8-4/h7-8,25-26,31-39H,3-6,9-24,27-30H2,1-2H3,(H,48,51)(H,49,52). The minimum absolute atomic E-state index is 0.0755. The summed E-state index contributed by atoms with van der Waals surface area (Å²) in [5.74, 6) is 2.45. The number of hydrogen-bond acceptors (Lipinski definition) is 7. The molecule has 10 nitrogen and oxygen atoms in total. The lowest BCUT2D eigenvalue weighted by Gasteiger charge is -2.37. The van der Waals surface area contributed by atoms with Gasteiger partial charge < -0.3 is 25.0 Å². The van der Waals surface area contributed by atoms with Crippen molar-refractivity contribution in [1.29, 1.82) is 0 Å². The molecule has 57 heavy (non-hydrogen) atoms. The van der Waals surface area contributed by atoms with Crippen LogP contribution in [0.3, 0.4) is 0 Å². The molecule has 0 atom stereocenters. The van der Waals surface area contributed by atoms with Crippen LogP contribution in [-0.2, 0) is 19.2 Å². The first-order valence-corrected chi connectivity index (χ1v) is 22.3. The Morgan fingerprint density at radius 3 is 1.42 bits per heavy atom. The SMILES string of the molecule is C=CC(=O)NCCN(CCNC(=O)C=C)C(=O)c1cc(OC(=O)C2CCC(C3CCC(CC)CC3)CC2)ccc1OC(=O)C1CCC(C2CCC(CC)CC2)CC1. The number of nitrogens with zero attached hydrogens (tertiary/aromatic N) is 1. The van der Waals surface area contributed by atoms with Gasteiger partial charge in [-0.1, -0.05) is 65.5 Å². The first-order chi connectivity index (χ1) is 27.6. The molecule has 314 valence electrons. The zero-order valence-corrected chi connectivity index (χ0v) is 34.8. The number of nitrogens with one attached hydrogen (secondary N) is 2. The summed E-state index contributed by atoms with van der Waals surface area (Å²) in [5, 5.41) is 5.39. The Morgan fingerprint density at radius 1 is 0.614 bits per heavy atom. The van der Waals surface area contributed by atoms with Gasteiger partial charge in [-0.2, -0.15) is 0 Å². The number of carbonyl (C=O) groups excluding carboxylic acids is 5. The van der Waals surface area contributed by atoms with E-state index >= 15 is 0 Å². The Morgan fingerprint density at radius 2 is 1.02 bits per heavy atom. The Kier molecular flexibility index (Phi) is 17.3. The van der Waals surface area contributed by atoms with Crippen LogP contribution >= 0.6 is 0 Å². The van der Waals surface area contributed by atoms with Crippen LogP contribution in [-0.4, -0.2) is 60.7 Å². The van der Waals surface area contributed by atoms with Gasteiger partial charge in [0.2, 0.25) is 11.8 Å². The highest BCUT2D eigenvalue weighted by atomic mass is 16.5. The molecular weight excluding hydrogens is 719 g/mol. The first-order valence-electron chi connectivity index (χ1n) is 22.3. The lowest BCUT2D eigenvalue weighted by Crippen LogP contribution is -2.42. The molecule has 1 aromatic carbocycles. The number of benzene rings is 1. The molecule has 0 unspecified atom stereocenters. The summed E-state index contributed by atoms with van der Waals surface area (Å²) in [4.78, 5) is 67.0. The van der Waals surface area contributed by atoms with Gasteiger partial charge in [-0.15, -0.1) is 0 Å². The van der Waals surface area contributed by atoms with E-state index in [0.717, 1.165) is 87.2 Å². The molecule has 0 saturated heterocycles. The molecule has 4 fully saturated rings. The molecular formula is C47H69N3O7. The van der Waals surface area contributed by atoms with E-state index in [2.05, 4.69) is 37.6 Å². The third kappa shape index (κ3) is 12.8. The summed E-state index contributed by atoms with van der Waals surface area (Å²) in [7, 11) is 0. The van der Waals surface area contributed by atoms with Crippen molar-refractivity contribution < 1.29 is 33.4 Å². The highest BCUT2D eigenvalue weighted by molar-refractivity contribution is 5.98. The van der Waals surface area contributed by atoms with Gasteiger partial charge in [-0.05, 0) is 143 Å². The zero-order chi connectivity index (χ0) is 40.7. The van der Waals surface area contributed by atoms with Gasteiger partial charge in [-0.25, -0.2) is 0 Å². The van der Waals surface area contributed by atoms with Gasteiger partial charge in [0, 0.05) is 26.2 Å². The van der Waals surface area contributed by atoms with Gasteiger partial charge in [0.05, 0.1) is 17.4 Å². The number of hydrogen-bond donors (Lipinski definition) is 2. The maximum atomic E-state index is 14.4. The van der Waals surface area contributed by atoms with Crippen LogP contribution in [0, 0.1) is 47.3 Å². The quantitative estimate of drug-likeness (QED) is 0.0919. The highest BCUT2D eigenvalue weighted by Crippen LogP contribution is 2.44. The molecule has 0 aliphatic heterocycles. The largest absolute Gasteiger partial charge is 0.426 e. The van der Waals surface area contributed by atoms with Crippen molar-refractivity contribution in [2.75, 3.05) is 26.2 Å². The van der Waals surface area contributed by atoms with Crippen LogP contribution < -0.4 is 20.1 Å². The van der Waals surface area contributed by atoms with Gasteiger partial charge in [0.25, 0.3) is 5.91 Å². The van der Waals surface area contributed by atoms with E-state index in [0.29, 0.717) is 11.8 Å².